The SMILES string of the molecule is COc1cc(-c2c3c(C#N)cc(-c4cnn(C[C@H]5C[C@@H](O)C5)c4)cc3nn2C)cc(OC(F)F)c1C(=O)NCC1(F)CC1. The number of methoxy groups -OCH3 is 1. The number of carbonyl (C=O) groups excluding carboxylic acids is 1. The van der Waals surface area contributed by atoms with Crippen LogP contribution in [0.1, 0.15) is 41.6 Å². The van der Waals surface area contributed by atoms with E-state index in [0.29, 0.717) is 53.0 Å². The number of ether oxygens (including phenoxy) is 2. The Bertz CT molecular complexity index is 1750. The van der Waals surface area contributed by atoms with Crippen LogP contribution in [0.15, 0.2) is 36.7 Å². The summed E-state index contributed by atoms with van der Waals surface area (Å²) in [5.74, 6) is -0.967. The van der Waals surface area contributed by atoms with Crippen molar-refractivity contribution < 1.29 is 32.5 Å². The molecule has 13 heteroatoms. The zero-order chi connectivity index (χ0) is 30.5. The number of alkyl halides is 3. The van der Waals surface area contributed by atoms with Crippen molar-refractivity contribution in [3.05, 3.63) is 47.8 Å². The highest BCUT2D eigenvalue weighted by atomic mass is 19.3. The lowest BCUT2D eigenvalue weighted by molar-refractivity contribution is -0.0502. The van der Waals surface area contributed by atoms with Gasteiger partial charge in [-0.25, -0.2) is 4.39 Å². The Balaban J connectivity index is 1.39. The van der Waals surface area contributed by atoms with E-state index in [1.54, 1.807) is 19.3 Å². The third-order valence-corrected chi connectivity index (χ3v) is 8.04. The van der Waals surface area contributed by atoms with Crippen LogP contribution in [0.5, 0.6) is 11.5 Å². The summed E-state index contributed by atoms with van der Waals surface area (Å²) in [5, 5.41) is 31.7. The highest BCUT2D eigenvalue weighted by molar-refractivity contribution is 6.03. The Morgan fingerprint density at radius 1 is 1.21 bits per heavy atom. The molecule has 2 aromatic heterocycles. The second-order valence-corrected chi connectivity index (χ2v) is 11.2. The average molecular weight is 595 g/mol. The summed E-state index contributed by atoms with van der Waals surface area (Å²) in [6, 6.07) is 8.48. The maximum atomic E-state index is 14.2. The van der Waals surface area contributed by atoms with Crippen molar-refractivity contribution in [1.29, 1.82) is 5.26 Å². The van der Waals surface area contributed by atoms with E-state index in [1.165, 1.54) is 23.9 Å². The number of aryl methyl sites for hydroxylation is 1. The van der Waals surface area contributed by atoms with Gasteiger partial charge in [-0.2, -0.15) is 24.2 Å². The molecule has 0 atom stereocenters. The molecule has 2 N–H and O–H groups in total. The second kappa shape index (κ2) is 10.9. The summed E-state index contributed by atoms with van der Waals surface area (Å²) in [6.07, 6.45) is 5.46. The lowest BCUT2D eigenvalue weighted by Gasteiger charge is -2.31. The predicted octanol–water partition coefficient (Wildman–Crippen LogP) is 4.59. The van der Waals surface area contributed by atoms with Gasteiger partial charge in [0.15, 0.2) is 0 Å². The van der Waals surface area contributed by atoms with Gasteiger partial charge in [0.05, 0.1) is 48.8 Å². The molecule has 2 aliphatic carbocycles. The molecule has 43 heavy (non-hydrogen) atoms. The number of amides is 1. The Morgan fingerprint density at radius 2 is 1.95 bits per heavy atom. The van der Waals surface area contributed by atoms with Crippen LogP contribution in [-0.2, 0) is 13.6 Å². The van der Waals surface area contributed by atoms with E-state index in [2.05, 4.69) is 21.6 Å². The Kier molecular flexibility index (Phi) is 7.25. The molecule has 2 saturated carbocycles. The number of benzene rings is 2. The van der Waals surface area contributed by atoms with Crippen LogP contribution in [-0.4, -0.2) is 62.6 Å². The fourth-order valence-electron chi connectivity index (χ4n) is 5.58. The molecule has 2 heterocycles. The molecular formula is C30H29F3N6O4. The topological polar surface area (TPSA) is 127 Å². The van der Waals surface area contributed by atoms with Crippen LogP contribution >= 0.6 is 0 Å². The van der Waals surface area contributed by atoms with Crippen LogP contribution in [0.4, 0.5) is 13.2 Å². The molecule has 2 aliphatic rings. The maximum absolute atomic E-state index is 14.2. The third kappa shape index (κ3) is 5.62. The number of nitrogens with zero attached hydrogens (tertiary/aromatic N) is 5. The maximum Gasteiger partial charge on any atom is 0.387 e. The quantitative estimate of drug-likeness (QED) is 0.275. The molecule has 0 spiro atoms. The zero-order valence-corrected chi connectivity index (χ0v) is 23.5. The predicted molar refractivity (Wildman–Crippen MR) is 149 cm³/mol. The van der Waals surface area contributed by atoms with Crippen LogP contribution in [0.25, 0.3) is 33.3 Å². The van der Waals surface area contributed by atoms with Crippen molar-refractivity contribution in [3.63, 3.8) is 0 Å². The number of nitrogens with one attached hydrogen (secondary N) is 1. The van der Waals surface area contributed by atoms with Crippen molar-refractivity contribution in [1.82, 2.24) is 24.9 Å². The molecular weight excluding hydrogens is 565 g/mol. The molecule has 2 aromatic carbocycles. The van der Waals surface area contributed by atoms with Crippen LogP contribution < -0.4 is 14.8 Å². The van der Waals surface area contributed by atoms with Gasteiger partial charge < -0.3 is 19.9 Å². The first kappa shape index (κ1) is 28.5. The van der Waals surface area contributed by atoms with E-state index in [0.717, 1.165) is 24.0 Å². The number of fused-ring (bicyclic) bond motifs is 1. The number of rotatable bonds is 10. The molecule has 10 nitrogen and oxygen atoms in total. The standard InChI is InChI=1S/C30H29F3N6O4/c1-38-27(18-9-23(42-2)26(24(10-18)43-29(31)32)28(41)35-15-30(33)3-4-30)25-19(11-34)7-17(8-22(25)37-38)20-12-36-39(14-20)13-16-5-21(40)6-16/h7-10,12,14,16,21,29,40H,3-6,13,15H2,1-2H3,(H,35,41)/t16-,21+. The van der Waals surface area contributed by atoms with Gasteiger partial charge in [-0.3, -0.25) is 14.2 Å². The van der Waals surface area contributed by atoms with Crippen molar-refractivity contribution in [2.24, 2.45) is 13.0 Å². The molecule has 0 radical (unpaired) electrons. The second-order valence-electron chi connectivity index (χ2n) is 11.2. The summed E-state index contributed by atoms with van der Waals surface area (Å²) in [5.41, 5.74) is 1.24. The molecule has 4 aromatic rings. The van der Waals surface area contributed by atoms with Crippen molar-refractivity contribution >= 4 is 16.8 Å². The molecule has 2 fully saturated rings. The highest BCUT2D eigenvalue weighted by Gasteiger charge is 2.43. The zero-order valence-electron chi connectivity index (χ0n) is 23.5. The summed E-state index contributed by atoms with van der Waals surface area (Å²) in [6.45, 7) is -2.82. The highest BCUT2D eigenvalue weighted by Crippen LogP contribution is 2.42. The lowest BCUT2D eigenvalue weighted by Crippen LogP contribution is -2.31. The fourth-order valence-corrected chi connectivity index (χ4v) is 5.58. The Morgan fingerprint density at radius 3 is 2.60 bits per heavy atom. The Labute approximate surface area is 244 Å². The van der Waals surface area contributed by atoms with Crippen LogP contribution in [0.2, 0.25) is 0 Å². The summed E-state index contributed by atoms with van der Waals surface area (Å²) in [4.78, 5) is 13.0. The number of aliphatic hydroxyl groups is 1. The monoisotopic (exact) mass is 594 g/mol. The van der Waals surface area contributed by atoms with Crippen molar-refractivity contribution in [2.75, 3.05) is 13.7 Å². The van der Waals surface area contributed by atoms with Gasteiger partial charge in [0.25, 0.3) is 5.91 Å². The Hall–Kier alpha value is -4.57. The normalized spacial score (nSPS) is 18.7. The fraction of sp³-hybridized carbons (Fsp3) is 0.400. The first-order valence-corrected chi connectivity index (χ1v) is 13.8. The number of aliphatic hydroxyl groups excluding tert-OH is 1. The minimum absolute atomic E-state index is 0.0646. The largest absolute Gasteiger partial charge is 0.496 e. The molecule has 0 aliphatic heterocycles. The van der Waals surface area contributed by atoms with E-state index < -0.39 is 23.9 Å². The number of aromatic nitrogens is 4. The number of hydrogen-bond acceptors (Lipinski definition) is 7. The molecule has 0 bridgehead atoms. The summed E-state index contributed by atoms with van der Waals surface area (Å²) < 4.78 is 54.6. The number of carbonyl (C=O) groups is 1. The van der Waals surface area contributed by atoms with E-state index in [1.807, 2.05) is 16.9 Å². The molecule has 0 unspecified atom stereocenters. The lowest BCUT2D eigenvalue weighted by atomic mass is 9.82. The minimum Gasteiger partial charge on any atom is -0.496 e. The van der Waals surface area contributed by atoms with Crippen LogP contribution in [0, 0.1) is 17.2 Å². The van der Waals surface area contributed by atoms with E-state index >= 15 is 0 Å². The number of hydrogen-bond donors (Lipinski definition) is 2. The molecule has 1 amide bonds. The molecule has 6 rings (SSSR count). The molecule has 224 valence electrons. The average Bonchev–Trinajstić information content (AvgIpc) is 3.34. The van der Waals surface area contributed by atoms with Gasteiger partial charge in [0.1, 0.15) is 22.7 Å². The van der Waals surface area contributed by atoms with Gasteiger partial charge in [0.2, 0.25) is 0 Å². The van der Waals surface area contributed by atoms with Gasteiger partial charge >= 0.3 is 6.61 Å². The minimum atomic E-state index is -3.25. The van der Waals surface area contributed by atoms with Crippen molar-refractivity contribution in [2.45, 2.75) is 50.6 Å². The summed E-state index contributed by atoms with van der Waals surface area (Å²) >= 11 is 0. The van der Waals surface area contributed by atoms with Gasteiger partial charge in [0, 0.05) is 36.3 Å². The van der Waals surface area contributed by atoms with Gasteiger partial charge in [-0.1, -0.05) is 0 Å². The third-order valence-electron chi connectivity index (χ3n) is 8.04. The van der Waals surface area contributed by atoms with E-state index in [4.69, 9.17) is 9.47 Å². The molecule has 0 saturated heterocycles. The van der Waals surface area contributed by atoms with E-state index in [-0.39, 0.29) is 24.0 Å². The smallest absolute Gasteiger partial charge is 0.387 e. The van der Waals surface area contributed by atoms with Gasteiger partial charge in [-0.15, -0.1) is 0 Å². The van der Waals surface area contributed by atoms with E-state index in [9.17, 15) is 28.3 Å². The number of halogens is 3. The van der Waals surface area contributed by atoms with Crippen LogP contribution in [0.3, 0.4) is 0 Å². The van der Waals surface area contributed by atoms with Gasteiger partial charge in [-0.05, 0) is 61.4 Å². The first-order chi connectivity index (χ1) is 20.6. The number of nitriles is 1. The van der Waals surface area contributed by atoms with Crippen molar-refractivity contribution in [3.8, 4) is 40.0 Å². The first-order valence-electron chi connectivity index (χ1n) is 13.8. The summed E-state index contributed by atoms with van der Waals surface area (Å²) in [7, 11) is 2.93.